The molecule has 0 aliphatic rings. The largest absolute Gasteiger partial charge is 0.512 e. The predicted octanol–water partition coefficient (Wildman–Crippen LogP) is 7.71. The number of allylic oxidation sites excluding steroid dienone is 2. The Morgan fingerprint density at radius 3 is 2.06 bits per heavy atom. The van der Waals surface area contributed by atoms with Crippen molar-refractivity contribution in [3.8, 4) is 11.3 Å². The van der Waals surface area contributed by atoms with Crippen molar-refractivity contribution in [3.63, 3.8) is 0 Å². The molecule has 1 radical (unpaired) electrons. The van der Waals surface area contributed by atoms with Crippen molar-refractivity contribution < 1.29 is 30.0 Å². The molecule has 0 saturated carbocycles. The van der Waals surface area contributed by atoms with E-state index in [1.807, 2.05) is 53.7 Å². The van der Waals surface area contributed by atoms with Gasteiger partial charge in [-0.3, -0.25) is 9.78 Å². The summed E-state index contributed by atoms with van der Waals surface area (Å²) in [6.07, 6.45) is 1.33. The van der Waals surface area contributed by atoms with Crippen LogP contribution < -0.4 is 0 Å². The number of pyridine rings is 1. The second kappa shape index (κ2) is 11.2. The smallest absolute Gasteiger partial charge is 0.164 e. The van der Waals surface area contributed by atoms with E-state index in [2.05, 4.69) is 57.2 Å². The summed E-state index contributed by atoms with van der Waals surface area (Å²) in [6, 6.07) is 17.9. The maximum atomic E-state index is 11.5. The molecule has 4 heteroatoms. The van der Waals surface area contributed by atoms with Gasteiger partial charge in [0.25, 0.3) is 0 Å². The molecule has 0 spiro atoms. The van der Waals surface area contributed by atoms with Gasteiger partial charge >= 0.3 is 0 Å². The van der Waals surface area contributed by atoms with Crippen LogP contribution in [0.5, 0.6) is 0 Å². The fraction of sp³-hybridized carbons (Fsp3) is 0.379. The first-order valence-electron chi connectivity index (χ1n) is 11.0. The Kier molecular flexibility index (Phi) is 9.78. The average Bonchev–Trinajstić information content (AvgIpc) is 2.69. The molecule has 3 nitrogen and oxygen atoms in total. The number of carbonyl (C=O) groups excluding carboxylic acids is 1. The van der Waals surface area contributed by atoms with Crippen LogP contribution >= 0.6 is 0 Å². The molecule has 0 amide bonds. The first-order chi connectivity index (χ1) is 14.7. The van der Waals surface area contributed by atoms with Gasteiger partial charge in [-0.1, -0.05) is 79.7 Å². The summed E-state index contributed by atoms with van der Waals surface area (Å²) in [7, 11) is 0. The van der Waals surface area contributed by atoms with Crippen molar-refractivity contribution >= 4 is 16.7 Å². The quantitative estimate of drug-likeness (QED) is 0.181. The number of aliphatic hydroxyl groups is 1. The summed E-state index contributed by atoms with van der Waals surface area (Å²) in [5, 5.41) is 10.8. The van der Waals surface area contributed by atoms with Gasteiger partial charge in [0.1, 0.15) is 5.76 Å². The van der Waals surface area contributed by atoms with Crippen molar-refractivity contribution in [2.24, 2.45) is 10.8 Å². The van der Waals surface area contributed by atoms with Gasteiger partial charge in [-0.2, -0.15) is 0 Å². The third-order valence-electron chi connectivity index (χ3n) is 5.40. The number of fused-ring (bicyclic) bond motifs is 1. The molecule has 3 aromatic rings. The zero-order valence-electron chi connectivity index (χ0n) is 21.3. The molecule has 1 aromatic heterocycles. The molecule has 0 aliphatic heterocycles. The minimum absolute atomic E-state index is 0. The Balaban J connectivity index is 0.000000346. The number of rotatable bonds is 2. The van der Waals surface area contributed by atoms with E-state index in [1.165, 1.54) is 28.2 Å². The fourth-order valence-electron chi connectivity index (χ4n) is 2.86. The standard InChI is InChI=1S/C18H16N.C11H20O2.Ir/c1-12-8-9-15(10-13(12)2)18-11-14(3)16-6-4-5-7-17(16)19-18;1-10(2,3)8(12)7-9(13)11(4,5)6;/h4-8,10-11H,1-3H3;7,12H,1-6H3;/q-1;;/b;8-7-;. The van der Waals surface area contributed by atoms with E-state index in [0.29, 0.717) is 0 Å². The first kappa shape index (κ1) is 28.7. The van der Waals surface area contributed by atoms with Crippen molar-refractivity contribution in [2.75, 3.05) is 0 Å². The van der Waals surface area contributed by atoms with E-state index in [0.717, 1.165) is 16.8 Å². The monoisotopic (exact) mass is 623 g/mol. The molecule has 1 heterocycles. The molecular weight excluding hydrogens is 587 g/mol. The minimum atomic E-state index is -0.417. The van der Waals surface area contributed by atoms with Crippen LogP contribution in [-0.2, 0) is 24.9 Å². The van der Waals surface area contributed by atoms with E-state index < -0.39 is 5.41 Å². The normalized spacial score (nSPS) is 12.0. The molecule has 0 aliphatic carbocycles. The molecule has 0 unspecified atom stereocenters. The van der Waals surface area contributed by atoms with E-state index in [1.54, 1.807) is 0 Å². The zero-order chi connectivity index (χ0) is 24.3. The Bertz CT molecular complexity index is 1150. The van der Waals surface area contributed by atoms with Crippen LogP contribution in [-0.4, -0.2) is 15.9 Å². The SMILES string of the molecule is CC(C)(C)C(=O)/C=C(\O)C(C)(C)C.Cc1c[c-]c(-c2cc(C)c3ccccc3n2)cc1C.[Ir]. The fourth-order valence-corrected chi connectivity index (χ4v) is 2.86. The van der Waals surface area contributed by atoms with Gasteiger partial charge in [-0.05, 0) is 24.2 Å². The second-order valence-electron chi connectivity index (χ2n) is 10.4. The third kappa shape index (κ3) is 7.91. The maximum absolute atomic E-state index is 11.5. The average molecular weight is 623 g/mol. The maximum Gasteiger partial charge on any atom is 0.164 e. The van der Waals surface area contributed by atoms with Crippen LogP contribution in [0.1, 0.15) is 58.2 Å². The summed E-state index contributed by atoms with van der Waals surface area (Å²) in [4.78, 5) is 16.2. The van der Waals surface area contributed by atoms with Gasteiger partial charge in [0.2, 0.25) is 0 Å². The van der Waals surface area contributed by atoms with E-state index in [4.69, 9.17) is 4.98 Å². The van der Waals surface area contributed by atoms with Gasteiger partial charge in [-0.25, -0.2) is 0 Å². The Morgan fingerprint density at radius 1 is 0.909 bits per heavy atom. The van der Waals surface area contributed by atoms with Crippen molar-refractivity contribution in [1.82, 2.24) is 4.98 Å². The van der Waals surface area contributed by atoms with Crippen molar-refractivity contribution in [3.05, 3.63) is 77.1 Å². The van der Waals surface area contributed by atoms with E-state index in [9.17, 15) is 9.90 Å². The molecule has 0 atom stereocenters. The van der Waals surface area contributed by atoms with Gasteiger partial charge in [-0.15, -0.1) is 34.9 Å². The number of aliphatic hydroxyl groups excluding tert-OH is 1. The minimum Gasteiger partial charge on any atom is -0.512 e. The second-order valence-corrected chi connectivity index (χ2v) is 10.4. The molecule has 0 bridgehead atoms. The number of nitrogens with zero attached hydrogens (tertiary/aromatic N) is 1. The van der Waals surface area contributed by atoms with E-state index in [-0.39, 0.29) is 37.1 Å². The molecule has 0 fully saturated rings. The molecule has 3 rings (SSSR count). The predicted molar refractivity (Wildman–Crippen MR) is 135 cm³/mol. The van der Waals surface area contributed by atoms with Gasteiger partial charge in [0.05, 0.1) is 5.52 Å². The number of hydrogen-bond donors (Lipinski definition) is 1. The third-order valence-corrected chi connectivity index (χ3v) is 5.40. The van der Waals surface area contributed by atoms with Gasteiger partial charge in [0.15, 0.2) is 5.78 Å². The molecule has 2 aromatic carbocycles. The van der Waals surface area contributed by atoms with Crippen LogP contribution in [0.4, 0.5) is 0 Å². The Morgan fingerprint density at radius 2 is 1.52 bits per heavy atom. The number of carbonyl (C=O) groups is 1. The number of aryl methyl sites for hydroxylation is 3. The van der Waals surface area contributed by atoms with Crippen molar-refractivity contribution in [1.29, 1.82) is 0 Å². The summed E-state index contributed by atoms with van der Waals surface area (Å²) in [6.45, 7) is 17.5. The first-order valence-corrected chi connectivity index (χ1v) is 11.0. The molecular formula is C29H36IrNO2-. The topological polar surface area (TPSA) is 50.2 Å². The summed E-state index contributed by atoms with van der Waals surface area (Å²) in [5.74, 6) is 0.104. The number of aromatic nitrogens is 1. The Labute approximate surface area is 212 Å². The number of para-hydroxylation sites is 1. The molecule has 1 N–H and O–H groups in total. The van der Waals surface area contributed by atoms with Crippen molar-refractivity contribution in [2.45, 2.75) is 62.3 Å². The zero-order valence-corrected chi connectivity index (χ0v) is 23.6. The summed E-state index contributed by atoms with van der Waals surface area (Å²) >= 11 is 0. The Hall–Kier alpha value is -2.29. The van der Waals surface area contributed by atoms with Crippen LogP contribution in [0.25, 0.3) is 22.2 Å². The number of benzene rings is 2. The number of hydrogen-bond acceptors (Lipinski definition) is 3. The van der Waals surface area contributed by atoms with Crippen LogP contribution in [0.3, 0.4) is 0 Å². The molecule has 0 saturated heterocycles. The summed E-state index contributed by atoms with van der Waals surface area (Å²) < 4.78 is 0. The van der Waals surface area contributed by atoms with Crippen LogP contribution in [0.2, 0.25) is 0 Å². The molecule has 179 valence electrons. The number of ketones is 1. The van der Waals surface area contributed by atoms with E-state index >= 15 is 0 Å². The summed E-state index contributed by atoms with van der Waals surface area (Å²) in [5.41, 5.74) is 6.15. The van der Waals surface area contributed by atoms with Crippen LogP contribution in [0.15, 0.2) is 54.3 Å². The van der Waals surface area contributed by atoms with Gasteiger partial charge in [0, 0.05) is 42.4 Å². The van der Waals surface area contributed by atoms with Gasteiger partial charge < -0.3 is 5.11 Å². The van der Waals surface area contributed by atoms with Crippen LogP contribution in [0, 0.1) is 37.7 Å². The molecule has 33 heavy (non-hydrogen) atoms.